The van der Waals surface area contributed by atoms with Gasteiger partial charge in [0.05, 0.1) is 0 Å². The molecule has 3 aromatic rings. The number of piperazine rings is 1. The van der Waals surface area contributed by atoms with Crippen LogP contribution < -0.4 is 9.80 Å². The minimum absolute atomic E-state index is 0.835. The summed E-state index contributed by atoms with van der Waals surface area (Å²) >= 11 is 1.58. The molecule has 1 saturated heterocycles. The standard InChI is InChI=1S/C16H19N7S/c1-12-10-14(19-16(18-12)24-2)21-6-8-22(9-7-21)15-5-3-4-13-20-17-11-23(13)15/h3-5,10-11H,6-9H2,1-2H3. The third-order valence-corrected chi connectivity index (χ3v) is 4.79. The van der Waals surface area contributed by atoms with E-state index in [1.54, 1.807) is 18.1 Å². The minimum atomic E-state index is 0.835. The van der Waals surface area contributed by atoms with Gasteiger partial charge in [0.15, 0.2) is 10.8 Å². The summed E-state index contributed by atoms with van der Waals surface area (Å²) in [4.78, 5) is 13.8. The quantitative estimate of drug-likeness (QED) is 0.532. The third kappa shape index (κ3) is 2.77. The Labute approximate surface area is 144 Å². The van der Waals surface area contributed by atoms with Crippen LogP contribution in [0.25, 0.3) is 5.65 Å². The van der Waals surface area contributed by atoms with Crippen LogP contribution in [0.3, 0.4) is 0 Å². The van der Waals surface area contributed by atoms with Gasteiger partial charge >= 0.3 is 0 Å². The average Bonchev–Trinajstić information content (AvgIpc) is 3.10. The summed E-state index contributed by atoms with van der Waals surface area (Å²) in [6.45, 7) is 5.77. The van der Waals surface area contributed by atoms with Gasteiger partial charge in [-0.2, -0.15) is 0 Å². The fourth-order valence-corrected chi connectivity index (χ4v) is 3.46. The van der Waals surface area contributed by atoms with E-state index in [0.717, 1.165) is 54.3 Å². The Hall–Kier alpha value is -2.35. The van der Waals surface area contributed by atoms with E-state index in [-0.39, 0.29) is 0 Å². The molecule has 4 rings (SSSR count). The highest BCUT2D eigenvalue weighted by atomic mass is 32.2. The summed E-state index contributed by atoms with van der Waals surface area (Å²) in [6, 6.07) is 8.19. The molecule has 124 valence electrons. The van der Waals surface area contributed by atoms with E-state index in [1.165, 1.54) is 0 Å². The topological polar surface area (TPSA) is 62.5 Å². The molecule has 1 aliphatic heterocycles. The summed E-state index contributed by atoms with van der Waals surface area (Å²) < 4.78 is 2.04. The first-order valence-electron chi connectivity index (χ1n) is 7.93. The zero-order valence-electron chi connectivity index (χ0n) is 13.8. The molecule has 0 atom stereocenters. The predicted octanol–water partition coefficient (Wildman–Crippen LogP) is 1.88. The van der Waals surface area contributed by atoms with Gasteiger partial charge in [-0.1, -0.05) is 17.8 Å². The van der Waals surface area contributed by atoms with E-state index >= 15 is 0 Å². The molecular weight excluding hydrogens is 322 g/mol. The molecule has 0 N–H and O–H groups in total. The lowest BCUT2D eigenvalue weighted by molar-refractivity contribution is 0.634. The molecule has 0 aliphatic carbocycles. The number of pyridine rings is 1. The van der Waals surface area contributed by atoms with Gasteiger partial charge in [0, 0.05) is 37.9 Å². The Morgan fingerprint density at radius 3 is 2.62 bits per heavy atom. The predicted molar refractivity (Wildman–Crippen MR) is 96.0 cm³/mol. The van der Waals surface area contributed by atoms with Crippen molar-refractivity contribution in [2.75, 3.05) is 42.2 Å². The van der Waals surface area contributed by atoms with Crippen LogP contribution in [0.5, 0.6) is 0 Å². The molecule has 8 heteroatoms. The maximum atomic E-state index is 4.65. The normalized spacial score (nSPS) is 15.2. The molecule has 0 radical (unpaired) electrons. The van der Waals surface area contributed by atoms with E-state index in [9.17, 15) is 0 Å². The highest BCUT2D eigenvalue weighted by Crippen LogP contribution is 2.22. The molecule has 3 aromatic heterocycles. The summed E-state index contributed by atoms with van der Waals surface area (Å²) in [5.41, 5.74) is 1.90. The van der Waals surface area contributed by atoms with Crippen molar-refractivity contribution in [3.8, 4) is 0 Å². The summed E-state index contributed by atoms with van der Waals surface area (Å²) in [6.07, 6.45) is 3.78. The second kappa shape index (κ2) is 6.27. The second-order valence-corrected chi connectivity index (χ2v) is 6.54. The van der Waals surface area contributed by atoms with Crippen molar-refractivity contribution in [3.05, 3.63) is 36.3 Å². The molecule has 4 heterocycles. The highest BCUT2D eigenvalue weighted by Gasteiger charge is 2.20. The zero-order valence-corrected chi connectivity index (χ0v) is 14.6. The molecule has 24 heavy (non-hydrogen) atoms. The van der Waals surface area contributed by atoms with Crippen molar-refractivity contribution in [1.29, 1.82) is 0 Å². The number of aromatic nitrogens is 5. The maximum Gasteiger partial charge on any atom is 0.189 e. The van der Waals surface area contributed by atoms with E-state index in [4.69, 9.17) is 0 Å². The molecule has 1 aliphatic rings. The fraction of sp³-hybridized carbons (Fsp3) is 0.375. The Morgan fingerprint density at radius 1 is 1.04 bits per heavy atom. The molecular formula is C16H19N7S. The maximum absolute atomic E-state index is 4.65. The number of rotatable bonds is 3. The van der Waals surface area contributed by atoms with Crippen molar-refractivity contribution < 1.29 is 0 Å². The van der Waals surface area contributed by atoms with Crippen molar-refractivity contribution in [2.24, 2.45) is 0 Å². The van der Waals surface area contributed by atoms with Gasteiger partial charge < -0.3 is 9.80 Å². The first kappa shape index (κ1) is 15.2. The van der Waals surface area contributed by atoms with Crippen LogP contribution in [0.2, 0.25) is 0 Å². The number of hydrogen-bond acceptors (Lipinski definition) is 7. The average molecular weight is 341 g/mol. The molecule has 0 amide bonds. The first-order chi connectivity index (χ1) is 11.7. The van der Waals surface area contributed by atoms with Crippen molar-refractivity contribution >= 4 is 29.0 Å². The highest BCUT2D eigenvalue weighted by molar-refractivity contribution is 7.98. The van der Waals surface area contributed by atoms with E-state index in [1.807, 2.05) is 29.7 Å². The summed E-state index contributed by atoms with van der Waals surface area (Å²) in [5, 5.41) is 8.96. The van der Waals surface area contributed by atoms with Crippen LogP contribution in [-0.2, 0) is 0 Å². The van der Waals surface area contributed by atoms with Crippen molar-refractivity contribution in [3.63, 3.8) is 0 Å². The van der Waals surface area contributed by atoms with Gasteiger partial charge in [-0.3, -0.25) is 4.40 Å². The largest absolute Gasteiger partial charge is 0.354 e. The van der Waals surface area contributed by atoms with Crippen LogP contribution in [0, 0.1) is 6.92 Å². The van der Waals surface area contributed by atoms with Gasteiger partial charge in [-0.15, -0.1) is 10.2 Å². The lowest BCUT2D eigenvalue weighted by Gasteiger charge is -2.36. The van der Waals surface area contributed by atoms with Crippen LogP contribution in [0.1, 0.15) is 5.69 Å². The first-order valence-corrected chi connectivity index (χ1v) is 9.15. The second-order valence-electron chi connectivity index (χ2n) is 5.77. The third-order valence-electron chi connectivity index (χ3n) is 4.24. The Morgan fingerprint density at radius 2 is 1.83 bits per heavy atom. The van der Waals surface area contributed by atoms with Gasteiger partial charge in [-0.25, -0.2) is 9.97 Å². The summed E-state index contributed by atoms with van der Waals surface area (Å²) in [7, 11) is 0. The number of thioether (sulfide) groups is 1. The zero-order chi connectivity index (χ0) is 16.5. The molecule has 0 aromatic carbocycles. The van der Waals surface area contributed by atoms with Gasteiger partial charge in [0.2, 0.25) is 0 Å². The number of nitrogens with zero attached hydrogens (tertiary/aromatic N) is 7. The van der Waals surface area contributed by atoms with Gasteiger partial charge in [0.1, 0.15) is 18.0 Å². The monoisotopic (exact) mass is 341 g/mol. The lowest BCUT2D eigenvalue weighted by Crippen LogP contribution is -2.47. The van der Waals surface area contributed by atoms with Crippen LogP contribution in [-0.4, -0.2) is 57.0 Å². The molecule has 1 fully saturated rings. The Balaban J connectivity index is 1.53. The molecule has 7 nitrogen and oxygen atoms in total. The molecule has 0 saturated carbocycles. The molecule has 0 unspecified atom stereocenters. The minimum Gasteiger partial charge on any atom is -0.354 e. The van der Waals surface area contributed by atoms with Crippen molar-refractivity contribution in [1.82, 2.24) is 24.6 Å². The van der Waals surface area contributed by atoms with E-state index in [0.29, 0.717) is 0 Å². The molecule has 0 spiro atoms. The SMILES string of the molecule is CSc1nc(C)cc(N2CCN(c3cccc4nncn34)CC2)n1. The number of anilines is 2. The number of fused-ring (bicyclic) bond motifs is 1. The van der Waals surface area contributed by atoms with Gasteiger partial charge in [0.25, 0.3) is 0 Å². The number of aryl methyl sites for hydroxylation is 1. The van der Waals surface area contributed by atoms with Crippen molar-refractivity contribution in [2.45, 2.75) is 12.1 Å². The van der Waals surface area contributed by atoms with E-state index < -0.39 is 0 Å². The van der Waals surface area contributed by atoms with E-state index in [2.05, 4.69) is 42.1 Å². The van der Waals surface area contributed by atoms with Crippen LogP contribution in [0.15, 0.2) is 35.7 Å². The van der Waals surface area contributed by atoms with Gasteiger partial charge in [-0.05, 0) is 25.3 Å². The summed E-state index contributed by atoms with van der Waals surface area (Å²) in [5.74, 6) is 2.16. The fourth-order valence-electron chi connectivity index (χ4n) is 3.04. The lowest BCUT2D eigenvalue weighted by atomic mass is 10.3. The van der Waals surface area contributed by atoms with Crippen LogP contribution in [0.4, 0.5) is 11.6 Å². The Kier molecular flexibility index (Phi) is 3.97. The smallest absolute Gasteiger partial charge is 0.189 e. The molecule has 0 bridgehead atoms. The number of hydrogen-bond donors (Lipinski definition) is 0. The van der Waals surface area contributed by atoms with Crippen LogP contribution >= 0.6 is 11.8 Å². The Bertz CT molecular complexity index is 855.